The molecule has 10 heteroatoms. The maximum Gasteiger partial charge on any atom is 0.240 e. The van der Waals surface area contributed by atoms with Gasteiger partial charge in [-0.1, -0.05) is 16.8 Å². The van der Waals surface area contributed by atoms with Crippen molar-refractivity contribution in [1.29, 1.82) is 0 Å². The largest absolute Gasteiger partial charge is 0.262 e. The van der Waals surface area contributed by atoms with Gasteiger partial charge in [-0.15, -0.1) is 5.10 Å². The summed E-state index contributed by atoms with van der Waals surface area (Å²) in [4.78, 5) is 3.84. The summed E-state index contributed by atoms with van der Waals surface area (Å²) in [6, 6.07) is 6.71. The second-order valence-corrected chi connectivity index (χ2v) is 6.94. The molecule has 7 nitrogen and oxygen atoms in total. The van der Waals surface area contributed by atoms with E-state index in [1.807, 2.05) is 0 Å². The van der Waals surface area contributed by atoms with E-state index in [4.69, 9.17) is 11.6 Å². The number of halogens is 2. The Labute approximate surface area is 142 Å². The topological polar surface area (TPSA) is 89.8 Å². The number of nitrogens with zero attached hydrogens (tertiary/aromatic N) is 4. The third-order valence-electron chi connectivity index (χ3n) is 3.10. The van der Waals surface area contributed by atoms with Crippen molar-refractivity contribution >= 4 is 21.6 Å². The van der Waals surface area contributed by atoms with Crippen LogP contribution in [0.1, 0.15) is 5.69 Å². The van der Waals surface area contributed by atoms with Crippen LogP contribution in [0.4, 0.5) is 4.39 Å². The molecule has 1 aromatic carbocycles. The molecule has 3 rings (SSSR count). The Balaban J connectivity index is 1.73. The van der Waals surface area contributed by atoms with Crippen LogP contribution in [0, 0.1) is 5.82 Å². The lowest BCUT2D eigenvalue weighted by molar-refractivity contribution is 0.579. The lowest BCUT2D eigenvalue weighted by atomic mass is 10.3. The first-order valence-corrected chi connectivity index (χ1v) is 8.58. The molecule has 0 fully saturated rings. The summed E-state index contributed by atoms with van der Waals surface area (Å²) in [6.45, 7) is -0.0718. The van der Waals surface area contributed by atoms with Crippen molar-refractivity contribution in [3.8, 4) is 5.69 Å². The molecule has 0 saturated heterocycles. The fourth-order valence-corrected chi connectivity index (χ4v) is 3.16. The summed E-state index contributed by atoms with van der Waals surface area (Å²) in [5.41, 5.74) is 1.11. The summed E-state index contributed by atoms with van der Waals surface area (Å²) < 4.78 is 41.3. The average Bonchev–Trinajstić information content (AvgIpc) is 3.05. The number of hydrogen-bond acceptors (Lipinski definition) is 5. The smallest absolute Gasteiger partial charge is 0.240 e. The van der Waals surface area contributed by atoms with E-state index in [9.17, 15) is 12.8 Å². The van der Waals surface area contributed by atoms with Gasteiger partial charge in [-0.25, -0.2) is 22.2 Å². The zero-order valence-corrected chi connectivity index (χ0v) is 13.7. The van der Waals surface area contributed by atoms with Crippen molar-refractivity contribution in [2.24, 2.45) is 0 Å². The quantitative estimate of drug-likeness (QED) is 0.744. The molecule has 0 radical (unpaired) electrons. The van der Waals surface area contributed by atoms with Crippen LogP contribution >= 0.6 is 11.6 Å². The number of nitrogens with one attached hydrogen (secondary N) is 1. The number of sulfonamides is 1. The predicted molar refractivity (Wildman–Crippen MR) is 84.6 cm³/mol. The van der Waals surface area contributed by atoms with Gasteiger partial charge in [-0.3, -0.25) is 4.98 Å². The number of pyridine rings is 1. The van der Waals surface area contributed by atoms with Gasteiger partial charge >= 0.3 is 0 Å². The summed E-state index contributed by atoms with van der Waals surface area (Å²) in [5, 5.41) is 7.54. The number of benzene rings is 1. The lowest BCUT2D eigenvalue weighted by Gasteiger charge is -2.05. The summed E-state index contributed by atoms with van der Waals surface area (Å²) in [5.74, 6) is -0.685. The van der Waals surface area contributed by atoms with Crippen LogP contribution in [0.5, 0.6) is 0 Å². The van der Waals surface area contributed by atoms with E-state index < -0.39 is 15.8 Å². The SMILES string of the molecule is O=S(=O)(NCc1cn(-c2cccnc2)nn1)c1ccc(F)c(Cl)c1. The van der Waals surface area contributed by atoms with E-state index in [2.05, 4.69) is 20.0 Å². The lowest BCUT2D eigenvalue weighted by Crippen LogP contribution is -2.23. The molecule has 0 spiro atoms. The van der Waals surface area contributed by atoms with Crippen LogP contribution in [0.25, 0.3) is 5.69 Å². The first-order chi connectivity index (χ1) is 11.5. The molecule has 0 aliphatic heterocycles. The van der Waals surface area contributed by atoms with Gasteiger partial charge in [0.05, 0.1) is 40.2 Å². The maximum atomic E-state index is 13.1. The molecular weight excluding hydrogens is 357 g/mol. The minimum Gasteiger partial charge on any atom is -0.262 e. The second-order valence-electron chi connectivity index (χ2n) is 4.77. The molecule has 2 aromatic heterocycles. The zero-order valence-electron chi connectivity index (χ0n) is 12.1. The standard InChI is InChI=1S/C14H11ClFN5O2S/c15-13-6-12(3-4-14(13)16)24(22,23)18-7-10-9-21(20-19-10)11-2-1-5-17-8-11/h1-6,8-9,18H,7H2. The molecule has 0 atom stereocenters. The van der Waals surface area contributed by atoms with Crippen LogP contribution in [-0.2, 0) is 16.6 Å². The second kappa shape index (κ2) is 6.63. The molecule has 0 unspecified atom stereocenters. The van der Waals surface area contributed by atoms with Gasteiger partial charge in [0.2, 0.25) is 10.0 Å². The fraction of sp³-hybridized carbons (Fsp3) is 0.0714. The van der Waals surface area contributed by atoms with Crippen molar-refractivity contribution in [3.05, 3.63) is 65.5 Å². The highest BCUT2D eigenvalue weighted by molar-refractivity contribution is 7.89. The molecule has 124 valence electrons. The molecular formula is C14H11ClFN5O2S. The van der Waals surface area contributed by atoms with Crippen LogP contribution in [0.3, 0.4) is 0 Å². The Morgan fingerprint density at radius 2 is 2.12 bits per heavy atom. The van der Waals surface area contributed by atoms with E-state index in [-0.39, 0.29) is 16.5 Å². The highest BCUT2D eigenvalue weighted by Gasteiger charge is 2.16. The van der Waals surface area contributed by atoms with Gasteiger partial charge in [-0.05, 0) is 30.3 Å². The Bertz CT molecular complexity index is 962. The summed E-state index contributed by atoms with van der Waals surface area (Å²) in [7, 11) is -3.84. The molecule has 0 aliphatic carbocycles. The van der Waals surface area contributed by atoms with Gasteiger partial charge in [0.15, 0.2) is 0 Å². The Morgan fingerprint density at radius 1 is 1.29 bits per heavy atom. The molecule has 0 amide bonds. The molecule has 3 aromatic rings. The number of rotatable bonds is 5. The summed E-state index contributed by atoms with van der Waals surface area (Å²) >= 11 is 5.61. The van der Waals surface area contributed by atoms with Crippen LogP contribution in [0.15, 0.2) is 53.8 Å². The molecule has 2 heterocycles. The highest BCUT2D eigenvalue weighted by atomic mass is 35.5. The number of aromatic nitrogens is 4. The van der Waals surface area contributed by atoms with Gasteiger partial charge in [0.1, 0.15) is 5.82 Å². The average molecular weight is 368 g/mol. The van der Waals surface area contributed by atoms with Crippen molar-refractivity contribution < 1.29 is 12.8 Å². The van der Waals surface area contributed by atoms with Crippen molar-refractivity contribution in [2.75, 3.05) is 0 Å². The third-order valence-corrected chi connectivity index (χ3v) is 4.78. The number of hydrogen-bond donors (Lipinski definition) is 1. The Morgan fingerprint density at radius 3 is 2.83 bits per heavy atom. The third kappa shape index (κ3) is 3.58. The molecule has 1 N–H and O–H groups in total. The fourth-order valence-electron chi connectivity index (χ4n) is 1.89. The highest BCUT2D eigenvalue weighted by Crippen LogP contribution is 2.19. The summed E-state index contributed by atoms with van der Waals surface area (Å²) in [6.07, 6.45) is 4.81. The van der Waals surface area contributed by atoms with E-state index in [1.165, 1.54) is 4.68 Å². The van der Waals surface area contributed by atoms with Crippen LogP contribution in [-0.4, -0.2) is 28.4 Å². The normalized spacial score (nSPS) is 11.6. The Kier molecular flexibility index (Phi) is 4.56. The van der Waals surface area contributed by atoms with Crippen molar-refractivity contribution in [1.82, 2.24) is 24.7 Å². The van der Waals surface area contributed by atoms with Gasteiger partial charge in [0.25, 0.3) is 0 Å². The molecule has 24 heavy (non-hydrogen) atoms. The van der Waals surface area contributed by atoms with Crippen LogP contribution < -0.4 is 4.72 Å². The van der Waals surface area contributed by atoms with Gasteiger partial charge < -0.3 is 0 Å². The van der Waals surface area contributed by atoms with Crippen molar-refractivity contribution in [2.45, 2.75) is 11.4 Å². The van der Waals surface area contributed by atoms with Crippen molar-refractivity contribution in [3.63, 3.8) is 0 Å². The monoisotopic (exact) mass is 367 g/mol. The van der Waals surface area contributed by atoms with E-state index in [1.54, 1.807) is 30.7 Å². The Hall–Kier alpha value is -2.36. The van der Waals surface area contributed by atoms with E-state index in [0.717, 1.165) is 18.2 Å². The zero-order chi connectivity index (χ0) is 17.2. The van der Waals surface area contributed by atoms with E-state index in [0.29, 0.717) is 11.4 Å². The molecule has 0 aliphatic rings. The molecule has 0 saturated carbocycles. The predicted octanol–water partition coefficient (Wildman–Crippen LogP) is 1.93. The van der Waals surface area contributed by atoms with E-state index >= 15 is 0 Å². The van der Waals surface area contributed by atoms with Crippen LogP contribution in [0.2, 0.25) is 5.02 Å². The van der Waals surface area contributed by atoms with Gasteiger partial charge in [0, 0.05) is 6.20 Å². The minimum absolute atomic E-state index is 0.0718. The minimum atomic E-state index is -3.84. The van der Waals surface area contributed by atoms with Gasteiger partial charge in [-0.2, -0.15) is 0 Å². The first kappa shape index (κ1) is 16.5. The first-order valence-electron chi connectivity index (χ1n) is 6.72. The maximum absolute atomic E-state index is 13.1. The molecule has 0 bridgehead atoms.